The Morgan fingerprint density at radius 2 is 1.81 bits per heavy atom. The molecule has 0 atom stereocenters. The Bertz CT molecular complexity index is 533. The van der Waals surface area contributed by atoms with Crippen molar-refractivity contribution in [3.05, 3.63) is 41.5 Å². The fraction of sp³-hybridized carbons (Fsp3) is 0.200. The molecule has 1 nitrogen and oxygen atoms in total. The Hall–Kier alpha value is -1.94. The molecule has 0 spiro atoms. The van der Waals surface area contributed by atoms with Crippen LogP contribution in [0, 0.1) is 19.3 Å². The second-order valence-corrected chi connectivity index (χ2v) is 3.29. The van der Waals surface area contributed by atoms with Crippen molar-refractivity contribution in [2.45, 2.75) is 20.8 Å². The van der Waals surface area contributed by atoms with E-state index in [0.29, 0.717) is 0 Å². The van der Waals surface area contributed by atoms with Gasteiger partial charge in [-0.15, -0.1) is 6.42 Å². The molecule has 16 heavy (non-hydrogen) atoms. The molecule has 0 aliphatic heterocycles. The first-order valence-electron chi connectivity index (χ1n) is 5.41. The van der Waals surface area contributed by atoms with Gasteiger partial charge in [-0.25, -0.2) is 0 Å². The Kier molecular flexibility index (Phi) is 3.96. The van der Waals surface area contributed by atoms with Crippen molar-refractivity contribution in [3.8, 4) is 18.1 Å². The number of rotatable bonds is 0. The summed E-state index contributed by atoms with van der Waals surface area (Å²) in [5.41, 5.74) is 1.99. The first-order valence-corrected chi connectivity index (χ1v) is 5.41. The van der Waals surface area contributed by atoms with Crippen molar-refractivity contribution in [2.75, 3.05) is 0 Å². The standard InChI is InChI=1S/C13H10O.C2H6/c1-3-10-4-5-11-8-12(14)6-7-13(11)9(10)2;1-2/h1,4-8,14H,2H3;1-2H3. The van der Waals surface area contributed by atoms with Crippen molar-refractivity contribution in [3.63, 3.8) is 0 Å². The van der Waals surface area contributed by atoms with Crippen molar-refractivity contribution in [1.82, 2.24) is 0 Å². The van der Waals surface area contributed by atoms with Gasteiger partial charge in [0.15, 0.2) is 0 Å². The highest BCUT2D eigenvalue weighted by atomic mass is 16.3. The molecule has 0 heterocycles. The number of phenolic OH excluding ortho intramolecular Hbond substituents is 1. The normalized spacial score (nSPS) is 9.12. The lowest BCUT2D eigenvalue weighted by atomic mass is 10.0. The highest BCUT2D eigenvalue weighted by molar-refractivity contribution is 5.88. The van der Waals surface area contributed by atoms with E-state index in [9.17, 15) is 5.11 Å². The van der Waals surface area contributed by atoms with Crippen LogP contribution in [0.5, 0.6) is 5.75 Å². The molecule has 0 saturated heterocycles. The lowest BCUT2D eigenvalue weighted by Crippen LogP contribution is -1.84. The third-order valence-corrected chi connectivity index (χ3v) is 2.43. The van der Waals surface area contributed by atoms with Crippen LogP contribution in [0.4, 0.5) is 0 Å². The van der Waals surface area contributed by atoms with Crippen LogP contribution in [-0.4, -0.2) is 5.11 Å². The van der Waals surface area contributed by atoms with E-state index in [1.807, 2.05) is 39.0 Å². The van der Waals surface area contributed by atoms with Gasteiger partial charge in [0.2, 0.25) is 0 Å². The average molecular weight is 212 g/mol. The summed E-state index contributed by atoms with van der Waals surface area (Å²) in [6.07, 6.45) is 5.37. The van der Waals surface area contributed by atoms with Crippen LogP contribution in [0.3, 0.4) is 0 Å². The van der Waals surface area contributed by atoms with Crippen molar-refractivity contribution >= 4 is 10.8 Å². The third-order valence-electron chi connectivity index (χ3n) is 2.43. The minimum Gasteiger partial charge on any atom is -0.508 e. The van der Waals surface area contributed by atoms with E-state index in [1.54, 1.807) is 12.1 Å². The van der Waals surface area contributed by atoms with Gasteiger partial charge >= 0.3 is 0 Å². The summed E-state index contributed by atoms with van der Waals surface area (Å²) in [7, 11) is 0. The highest BCUT2D eigenvalue weighted by Gasteiger charge is 2.01. The smallest absolute Gasteiger partial charge is 0.116 e. The second-order valence-electron chi connectivity index (χ2n) is 3.29. The quantitative estimate of drug-likeness (QED) is 0.657. The molecule has 82 valence electrons. The third kappa shape index (κ3) is 2.17. The molecule has 0 amide bonds. The summed E-state index contributed by atoms with van der Waals surface area (Å²) in [6.45, 7) is 5.99. The highest BCUT2D eigenvalue weighted by Crippen LogP contribution is 2.24. The summed E-state index contributed by atoms with van der Waals surface area (Å²) in [5.74, 6) is 2.92. The zero-order chi connectivity index (χ0) is 12.1. The maximum absolute atomic E-state index is 9.31. The van der Waals surface area contributed by atoms with Crippen LogP contribution >= 0.6 is 0 Å². The van der Waals surface area contributed by atoms with Gasteiger partial charge in [0.25, 0.3) is 0 Å². The Morgan fingerprint density at radius 3 is 2.44 bits per heavy atom. The summed E-state index contributed by atoms with van der Waals surface area (Å²) in [4.78, 5) is 0. The van der Waals surface area contributed by atoms with Gasteiger partial charge in [0.05, 0.1) is 0 Å². The molecular formula is C15H16O. The molecule has 1 heteroatoms. The number of hydrogen-bond acceptors (Lipinski definition) is 1. The number of hydrogen-bond donors (Lipinski definition) is 1. The molecule has 0 aliphatic rings. The van der Waals surface area contributed by atoms with E-state index in [2.05, 4.69) is 5.92 Å². The van der Waals surface area contributed by atoms with Gasteiger partial charge < -0.3 is 5.11 Å². The summed E-state index contributed by atoms with van der Waals surface area (Å²) in [6, 6.07) is 9.13. The number of aromatic hydroxyl groups is 1. The van der Waals surface area contributed by atoms with E-state index in [4.69, 9.17) is 6.42 Å². The summed E-state index contributed by atoms with van der Waals surface area (Å²) < 4.78 is 0. The minimum absolute atomic E-state index is 0.283. The summed E-state index contributed by atoms with van der Waals surface area (Å²) in [5, 5.41) is 11.4. The fourth-order valence-electron chi connectivity index (χ4n) is 1.63. The molecule has 0 aromatic heterocycles. The Balaban J connectivity index is 0.000000606. The molecule has 0 saturated carbocycles. The zero-order valence-electron chi connectivity index (χ0n) is 9.91. The maximum atomic E-state index is 9.31. The largest absolute Gasteiger partial charge is 0.508 e. The van der Waals surface area contributed by atoms with Crippen LogP contribution in [0.15, 0.2) is 30.3 Å². The van der Waals surface area contributed by atoms with Gasteiger partial charge in [-0.05, 0) is 41.5 Å². The molecule has 2 rings (SSSR count). The molecule has 0 fully saturated rings. The van der Waals surface area contributed by atoms with E-state index < -0.39 is 0 Å². The van der Waals surface area contributed by atoms with Crippen molar-refractivity contribution < 1.29 is 5.11 Å². The van der Waals surface area contributed by atoms with E-state index >= 15 is 0 Å². The maximum Gasteiger partial charge on any atom is 0.116 e. The van der Waals surface area contributed by atoms with Crippen molar-refractivity contribution in [2.24, 2.45) is 0 Å². The summed E-state index contributed by atoms with van der Waals surface area (Å²) >= 11 is 0. The lowest BCUT2D eigenvalue weighted by Gasteiger charge is -2.04. The van der Waals surface area contributed by atoms with Gasteiger partial charge in [-0.2, -0.15) is 0 Å². The lowest BCUT2D eigenvalue weighted by molar-refractivity contribution is 0.476. The number of benzene rings is 2. The van der Waals surface area contributed by atoms with E-state index in [0.717, 1.165) is 21.9 Å². The first kappa shape index (κ1) is 12.1. The topological polar surface area (TPSA) is 20.2 Å². The SMILES string of the molecule is C#Cc1ccc2cc(O)ccc2c1C.CC. The Labute approximate surface area is 96.7 Å². The van der Waals surface area contributed by atoms with Crippen LogP contribution in [-0.2, 0) is 0 Å². The van der Waals surface area contributed by atoms with E-state index in [-0.39, 0.29) is 5.75 Å². The number of aryl methyl sites for hydroxylation is 1. The van der Waals surface area contributed by atoms with Gasteiger partial charge in [0, 0.05) is 5.56 Å². The number of fused-ring (bicyclic) bond motifs is 1. The van der Waals surface area contributed by atoms with Crippen LogP contribution in [0.1, 0.15) is 25.0 Å². The zero-order valence-corrected chi connectivity index (χ0v) is 9.91. The molecule has 0 radical (unpaired) electrons. The monoisotopic (exact) mass is 212 g/mol. The fourth-order valence-corrected chi connectivity index (χ4v) is 1.63. The minimum atomic E-state index is 0.283. The number of terminal acetylenes is 1. The van der Waals surface area contributed by atoms with Gasteiger partial charge in [-0.1, -0.05) is 31.9 Å². The van der Waals surface area contributed by atoms with E-state index in [1.165, 1.54) is 0 Å². The molecule has 0 bridgehead atoms. The second kappa shape index (κ2) is 5.23. The average Bonchev–Trinajstić information content (AvgIpc) is 2.32. The Morgan fingerprint density at radius 1 is 1.12 bits per heavy atom. The predicted molar refractivity (Wildman–Crippen MR) is 69.6 cm³/mol. The molecule has 1 N–H and O–H groups in total. The molecule has 2 aromatic rings. The van der Waals surface area contributed by atoms with Crippen molar-refractivity contribution in [1.29, 1.82) is 0 Å². The molecule has 2 aromatic carbocycles. The predicted octanol–water partition coefficient (Wildman–Crippen LogP) is 3.86. The molecule has 0 aliphatic carbocycles. The van der Waals surface area contributed by atoms with Gasteiger partial charge in [0.1, 0.15) is 5.75 Å². The number of phenols is 1. The molecule has 0 unspecified atom stereocenters. The van der Waals surface area contributed by atoms with Gasteiger partial charge in [-0.3, -0.25) is 0 Å². The van der Waals surface area contributed by atoms with Crippen LogP contribution < -0.4 is 0 Å². The van der Waals surface area contributed by atoms with Crippen LogP contribution in [0.25, 0.3) is 10.8 Å². The first-order chi connectivity index (χ1) is 7.72. The molecular weight excluding hydrogens is 196 g/mol. The van der Waals surface area contributed by atoms with Crippen LogP contribution in [0.2, 0.25) is 0 Å².